The summed E-state index contributed by atoms with van der Waals surface area (Å²) in [5, 5.41) is 40.8. The number of rotatable bonds is 10. The van der Waals surface area contributed by atoms with E-state index in [1.165, 1.54) is 12.3 Å². The van der Waals surface area contributed by atoms with E-state index in [1.807, 2.05) is 5.92 Å². The number of anilines is 1. The average Bonchev–Trinajstić information content (AvgIpc) is 3.01. The second kappa shape index (κ2) is 11.0. The quantitative estimate of drug-likeness (QED) is 0.111. The van der Waals surface area contributed by atoms with Crippen LogP contribution in [-0.4, -0.2) is 66.3 Å². The van der Waals surface area contributed by atoms with Crippen LogP contribution >= 0.6 is 0 Å². The first-order chi connectivity index (χ1) is 14.8. The normalized spacial score (nSPS) is 25.1. The fourth-order valence-electron chi connectivity index (χ4n) is 3.19. The molecule has 2 heterocycles. The number of nitrogens with one attached hydrogen (secondary N) is 2. The second-order valence-corrected chi connectivity index (χ2v) is 7.11. The van der Waals surface area contributed by atoms with Crippen molar-refractivity contribution in [3.8, 4) is 12.3 Å². The Bertz CT molecular complexity index is 882. The molecule has 1 aliphatic rings. The predicted molar refractivity (Wildman–Crippen MR) is 106 cm³/mol. The maximum Gasteiger partial charge on any atom is 0.351 e. The standard InChI is InChI=1S/C19H26N4O8/c1-2-19(29)12(11-24)31-17(16(19)27)23-10-9-13(21-18(23)28)20-14(25)7-5-3-4-6-8-15(26)22-30/h1,9-10,12,16-17,24,27,29-30H,3-8,11H2,(H,22,26)(H,20,21,25,28)/t12-,16+,17-,19-/m1/s1. The first kappa shape index (κ1) is 24.4. The highest BCUT2D eigenvalue weighted by molar-refractivity contribution is 5.89. The SMILES string of the molecule is C#C[C@@]1(O)[C@@H](CO)O[C@@H](n2ccc(NC(=O)CCCCCCC(=O)NO)nc2=O)[C@@H]1O. The molecule has 1 saturated heterocycles. The predicted octanol–water partition coefficient (Wildman–Crippen LogP) is -1.36. The lowest BCUT2D eigenvalue weighted by atomic mass is 9.93. The Kier molecular flexibility index (Phi) is 8.66. The summed E-state index contributed by atoms with van der Waals surface area (Å²) in [6.07, 6.45) is 5.11. The Morgan fingerprint density at radius 3 is 2.42 bits per heavy atom. The van der Waals surface area contributed by atoms with Gasteiger partial charge in [-0.15, -0.1) is 6.42 Å². The minimum atomic E-state index is -2.17. The number of terminal acetylenes is 1. The maximum atomic E-state index is 12.3. The maximum absolute atomic E-state index is 12.3. The molecule has 0 aromatic carbocycles. The molecule has 1 aromatic rings. The lowest BCUT2D eigenvalue weighted by Crippen LogP contribution is -2.48. The Morgan fingerprint density at radius 1 is 1.26 bits per heavy atom. The molecule has 6 N–H and O–H groups in total. The van der Waals surface area contributed by atoms with Gasteiger partial charge in [-0.2, -0.15) is 4.98 Å². The summed E-state index contributed by atoms with van der Waals surface area (Å²) >= 11 is 0. The van der Waals surface area contributed by atoms with Gasteiger partial charge in [-0.05, 0) is 18.9 Å². The van der Waals surface area contributed by atoms with E-state index in [4.69, 9.17) is 16.4 Å². The van der Waals surface area contributed by atoms with Crippen LogP contribution in [0.3, 0.4) is 0 Å². The summed E-state index contributed by atoms with van der Waals surface area (Å²) in [5.41, 5.74) is -1.48. The number of aromatic nitrogens is 2. The summed E-state index contributed by atoms with van der Waals surface area (Å²) in [4.78, 5) is 38.9. The molecular formula is C19H26N4O8. The molecule has 4 atom stereocenters. The third-order valence-corrected chi connectivity index (χ3v) is 4.97. The van der Waals surface area contributed by atoms with E-state index in [0.717, 1.165) is 11.0 Å². The number of nitrogens with zero attached hydrogens (tertiary/aromatic N) is 2. The van der Waals surface area contributed by atoms with Crippen molar-refractivity contribution in [1.82, 2.24) is 15.0 Å². The summed E-state index contributed by atoms with van der Waals surface area (Å²) in [6.45, 7) is -0.667. The minimum absolute atomic E-state index is 0.00396. The Balaban J connectivity index is 1.89. The van der Waals surface area contributed by atoms with Crippen molar-refractivity contribution in [2.45, 2.75) is 62.6 Å². The topological polar surface area (TPSA) is 183 Å². The number of carbonyl (C=O) groups is 2. The summed E-state index contributed by atoms with van der Waals surface area (Å²) in [5.74, 6) is 1.19. The van der Waals surface area contributed by atoms with Crippen molar-refractivity contribution < 1.29 is 34.9 Å². The highest BCUT2D eigenvalue weighted by atomic mass is 16.6. The van der Waals surface area contributed by atoms with Crippen LogP contribution < -0.4 is 16.5 Å². The van der Waals surface area contributed by atoms with Gasteiger partial charge in [0.1, 0.15) is 18.0 Å². The van der Waals surface area contributed by atoms with Gasteiger partial charge in [-0.1, -0.05) is 18.8 Å². The van der Waals surface area contributed by atoms with Gasteiger partial charge in [0.05, 0.1) is 6.61 Å². The van der Waals surface area contributed by atoms with Crippen molar-refractivity contribution in [2.24, 2.45) is 0 Å². The molecule has 12 heteroatoms. The van der Waals surface area contributed by atoms with E-state index in [1.54, 1.807) is 5.48 Å². The number of aliphatic hydroxyl groups is 3. The number of aliphatic hydroxyl groups excluding tert-OH is 2. The number of hydrogen-bond acceptors (Lipinski definition) is 9. The lowest BCUT2D eigenvalue weighted by Gasteiger charge is -2.24. The van der Waals surface area contributed by atoms with Crippen LogP contribution in [0.2, 0.25) is 0 Å². The Morgan fingerprint density at radius 2 is 1.90 bits per heavy atom. The fraction of sp³-hybridized carbons (Fsp3) is 0.579. The van der Waals surface area contributed by atoms with Crippen LogP contribution in [0.15, 0.2) is 17.1 Å². The smallest absolute Gasteiger partial charge is 0.351 e. The molecule has 2 rings (SSSR count). The van der Waals surface area contributed by atoms with Crippen LogP contribution in [0.25, 0.3) is 0 Å². The zero-order valence-electron chi connectivity index (χ0n) is 16.7. The van der Waals surface area contributed by atoms with Gasteiger partial charge in [0.15, 0.2) is 11.8 Å². The summed E-state index contributed by atoms with van der Waals surface area (Å²) in [7, 11) is 0. The molecule has 170 valence electrons. The van der Waals surface area contributed by atoms with Crippen molar-refractivity contribution >= 4 is 17.6 Å². The number of amides is 2. The molecule has 0 bridgehead atoms. The molecule has 31 heavy (non-hydrogen) atoms. The lowest BCUT2D eigenvalue weighted by molar-refractivity contribution is -0.129. The van der Waals surface area contributed by atoms with Crippen molar-refractivity contribution in [2.75, 3.05) is 11.9 Å². The van der Waals surface area contributed by atoms with E-state index < -0.39 is 42.2 Å². The number of hydrogen-bond donors (Lipinski definition) is 6. The number of ether oxygens (including phenoxy) is 1. The summed E-state index contributed by atoms with van der Waals surface area (Å²) < 4.78 is 6.23. The minimum Gasteiger partial charge on any atom is -0.394 e. The monoisotopic (exact) mass is 438 g/mol. The third-order valence-electron chi connectivity index (χ3n) is 4.97. The van der Waals surface area contributed by atoms with Crippen molar-refractivity contribution in [1.29, 1.82) is 0 Å². The van der Waals surface area contributed by atoms with E-state index >= 15 is 0 Å². The molecule has 1 fully saturated rings. The van der Waals surface area contributed by atoms with Crippen molar-refractivity contribution in [3.63, 3.8) is 0 Å². The molecule has 0 radical (unpaired) electrons. The highest BCUT2D eigenvalue weighted by Crippen LogP contribution is 2.36. The summed E-state index contributed by atoms with van der Waals surface area (Å²) in [6, 6.07) is 1.32. The molecule has 2 amide bonds. The zero-order chi connectivity index (χ0) is 23.0. The zero-order valence-corrected chi connectivity index (χ0v) is 16.7. The van der Waals surface area contributed by atoms with Crippen LogP contribution in [-0.2, 0) is 14.3 Å². The molecule has 1 aliphatic heterocycles. The van der Waals surface area contributed by atoms with Crippen LogP contribution in [0.1, 0.15) is 44.8 Å². The molecule has 0 aliphatic carbocycles. The van der Waals surface area contributed by atoms with Crippen LogP contribution in [0.4, 0.5) is 5.82 Å². The van der Waals surface area contributed by atoms with Gasteiger partial charge in [0, 0.05) is 19.0 Å². The van der Waals surface area contributed by atoms with Crippen molar-refractivity contribution in [3.05, 3.63) is 22.7 Å². The molecule has 1 aromatic heterocycles. The Hall–Kier alpha value is -2.82. The van der Waals surface area contributed by atoms with Crippen LogP contribution in [0.5, 0.6) is 0 Å². The van der Waals surface area contributed by atoms with E-state index in [0.29, 0.717) is 19.3 Å². The first-order valence-electron chi connectivity index (χ1n) is 9.73. The first-order valence-corrected chi connectivity index (χ1v) is 9.73. The Labute approximate surface area is 177 Å². The van der Waals surface area contributed by atoms with E-state index in [-0.39, 0.29) is 24.6 Å². The largest absolute Gasteiger partial charge is 0.394 e. The number of carbonyl (C=O) groups excluding carboxylic acids is 2. The average molecular weight is 438 g/mol. The van der Waals surface area contributed by atoms with E-state index in [9.17, 15) is 29.7 Å². The highest BCUT2D eigenvalue weighted by Gasteiger charge is 2.55. The molecular weight excluding hydrogens is 412 g/mol. The third kappa shape index (κ3) is 5.87. The fourth-order valence-corrected chi connectivity index (χ4v) is 3.19. The van der Waals surface area contributed by atoms with Crippen LogP contribution in [0, 0.1) is 12.3 Å². The second-order valence-electron chi connectivity index (χ2n) is 7.11. The van der Waals surface area contributed by atoms with Gasteiger partial charge >= 0.3 is 5.69 Å². The number of unbranched alkanes of at least 4 members (excludes halogenated alkanes) is 3. The van der Waals surface area contributed by atoms with Gasteiger partial charge in [-0.3, -0.25) is 19.4 Å². The van der Waals surface area contributed by atoms with Gasteiger partial charge in [0.25, 0.3) is 0 Å². The van der Waals surface area contributed by atoms with E-state index in [2.05, 4.69) is 10.3 Å². The van der Waals surface area contributed by atoms with Gasteiger partial charge in [0.2, 0.25) is 11.8 Å². The molecule has 0 saturated carbocycles. The van der Waals surface area contributed by atoms with Gasteiger partial charge in [-0.25, -0.2) is 10.3 Å². The van der Waals surface area contributed by atoms with Gasteiger partial charge < -0.3 is 25.4 Å². The molecule has 0 unspecified atom stereocenters. The molecule has 0 spiro atoms. The molecule has 12 nitrogen and oxygen atoms in total. The number of hydroxylamine groups is 1.